The zero-order chi connectivity index (χ0) is 15.8. The van der Waals surface area contributed by atoms with E-state index in [4.69, 9.17) is 14.9 Å². The van der Waals surface area contributed by atoms with E-state index in [2.05, 4.69) is 5.32 Å². The molecule has 120 valence electrons. The van der Waals surface area contributed by atoms with Crippen LogP contribution in [0.4, 0.5) is 4.79 Å². The topological polar surface area (TPSA) is 116 Å². The van der Waals surface area contributed by atoms with Crippen molar-refractivity contribution in [1.82, 2.24) is 10.2 Å². The molecule has 8 nitrogen and oxygen atoms in total. The van der Waals surface area contributed by atoms with Crippen molar-refractivity contribution < 1.29 is 29.3 Å². The molecule has 1 heterocycles. The molecule has 0 bridgehead atoms. The molecule has 0 aromatic carbocycles. The summed E-state index contributed by atoms with van der Waals surface area (Å²) in [4.78, 5) is 35.1. The molecule has 8 heteroatoms. The third-order valence-electron chi connectivity index (χ3n) is 3.55. The lowest BCUT2D eigenvalue weighted by Crippen LogP contribution is -2.50. The van der Waals surface area contributed by atoms with Gasteiger partial charge < -0.3 is 25.2 Å². The third kappa shape index (κ3) is 5.99. The summed E-state index contributed by atoms with van der Waals surface area (Å²) in [6, 6.07) is -1.63. The van der Waals surface area contributed by atoms with Crippen molar-refractivity contribution in [2.24, 2.45) is 5.92 Å². The molecule has 1 aliphatic rings. The summed E-state index contributed by atoms with van der Waals surface area (Å²) in [5.41, 5.74) is 0. The Kier molecular flexibility index (Phi) is 6.93. The number of piperidine rings is 1. The van der Waals surface area contributed by atoms with Crippen molar-refractivity contribution in [2.75, 3.05) is 26.8 Å². The Morgan fingerprint density at radius 3 is 2.38 bits per heavy atom. The first-order valence-electron chi connectivity index (χ1n) is 6.93. The van der Waals surface area contributed by atoms with Crippen molar-refractivity contribution in [3.63, 3.8) is 0 Å². The van der Waals surface area contributed by atoms with E-state index in [1.165, 1.54) is 0 Å². The fraction of sp³-hybridized carbons (Fsp3) is 0.769. The van der Waals surface area contributed by atoms with Crippen LogP contribution in [-0.2, 0) is 14.3 Å². The van der Waals surface area contributed by atoms with Gasteiger partial charge in [0, 0.05) is 33.2 Å². The normalized spacial score (nSPS) is 17.3. The number of carbonyl (C=O) groups excluding carboxylic acids is 1. The molecule has 0 aromatic heterocycles. The van der Waals surface area contributed by atoms with Crippen LogP contribution in [0.1, 0.15) is 25.7 Å². The van der Waals surface area contributed by atoms with Gasteiger partial charge in [0.15, 0.2) is 0 Å². The molecule has 0 aliphatic carbocycles. The van der Waals surface area contributed by atoms with Gasteiger partial charge in [-0.1, -0.05) is 0 Å². The lowest BCUT2D eigenvalue weighted by Gasteiger charge is -2.32. The van der Waals surface area contributed by atoms with Crippen LogP contribution in [0.5, 0.6) is 0 Å². The van der Waals surface area contributed by atoms with E-state index in [0.717, 1.165) is 12.8 Å². The van der Waals surface area contributed by atoms with Gasteiger partial charge in [0.05, 0.1) is 0 Å². The van der Waals surface area contributed by atoms with Crippen molar-refractivity contribution in [2.45, 2.75) is 31.7 Å². The van der Waals surface area contributed by atoms with Gasteiger partial charge in [-0.05, 0) is 25.2 Å². The van der Waals surface area contributed by atoms with Crippen molar-refractivity contribution >= 4 is 18.0 Å². The number of likely N-dealkylation sites (tertiary alicyclic amines) is 1. The number of rotatable bonds is 7. The number of methoxy groups -OCH3 is 1. The maximum absolute atomic E-state index is 12.0. The maximum atomic E-state index is 12.0. The van der Waals surface area contributed by atoms with E-state index in [1.54, 1.807) is 12.0 Å². The summed E-state index contributed by atoms with van der Waals surface area (Å²) in [6.45, 7) is 1.75. The zero-order valence-corrected chi connectivity index (χ0v) is 12.1. The molecule has 1 saturated heterocycles. The number of hydrogen-bond acceptors (Lipinski definition) is 4. The van der Waals surface area contributed by atoms with E-state index in [-0.39, 0.29) is 12.8 Å². The average molecular weight is 302 g/mol. The third-order valence-corrected chi connectivity index (χ3v) is 3.55. The van der Waals surface area contributed by atoms with E-state index >= 15 is 0 Å². The first kappa shape index (κ1) is 17.2. The first-order valence-corrected chi connectivity index (χ1v) is 6.93. The van der Waals surface area contributed by atoms with Crippen LogP contribution in [0.3, 0.4) is 0 Å². The van der Waals surface area contributed by atoms with Gasteiger partial charge in [0.25, 0.3) is 0 Å². The molecule has 3 N–H and O–H groups in total. The summed E-state index contributed by atoms with van der Waals surface area (Å²) in [5, 5.41) is 20.0. The summed E-state index contributed by atoms with van der Waals surface area (Å²) >= 11 is 0. The Morgan fingerprint density at radius 1 is 1.29 bits per heavy atom. The summed E-state index contributed by atoms with van der Waals surface area (Å²) in [5.74, 6) is -1.89. The lowest BCUT2D eigenvalue weighted by atomic mass is 9.98. The number of aliphatic carboxylic acids is 2. The molecule has 0 unspecified atom stereocenters. The van der Waals surface area contributed by atoms with E-state index < -0.39 is 24.0 Å². The minimum absolute atomic E-state index is 0.128. The van der Waals surface area contributed by atoms with Crippen LogP contribution in [0.25, 0.3) is 0 Å². The largest absolute Gasteiger partial charge is 0.481 e. The maximum Gasteiger partial charge on any atom is 0.326 e. The van der Waals surface area contributed by atoms with Crippen LogP contribution < -0.4 is 5.32 Å². The van der Waals surface area contributed by atoms with Crippen molar-refractivity contribution in [3.05, 3.63) is 0 Å². The summed E-state index contributed by atoms with van der Waals surface area (Å²) in [7, 11) is 1.64. The van der Waals surface area contributed by atoms with Crippen LogP contribution in [0.15, 0.2) is 0 Å². The van der Waals surface area contributed by atoms with Crippen LogP contribution in [-0.4, -0.2) is 65.9 Å². The van der Waals surface area contributed by atoms with Crippen molar-refractivity contribution in [1.29, 1.82) is 0 Å². The first-order chi connectivity index (χ1) is 9.93. The molecule has 1 rings (SSSR count). The van der Waals surface area contributed by atoms with Gasteiger partial charge in [-0.2, -0.15) is 0 Å². The second kappa shape index (κ2) is 8.46. The molecule has 0 radical (unpaired) electrons. The van der Waals surface area contributed by atoms with Gasteiger partial charge in [-0.15, -0.1) is 0 Å². The fourth-order valence-electron chi connectivity index (χ4n) is 2.30. The van der Waals surface area contributed by atoms with E-state index in [1.807, 2.05) is 0 Å². The molecule has 0 spiro atoms. The number of amides is 2. The van der Waals surface area contributed by atoms with Gasteiger partial charge in [0.2, 0.25) is 0 Å². The predicted molar refractivity (Wildman–Crippen MR) is 73.0 cm³/mol. The smallest absolute Gasteiger partial charge is 0.326 e. The van der Waals surface area contributed by atoms with Crippen LogP contribution in [0, 0.1) is 5.92 Å². The number of carbonyl (C=O) groups is 3. The minimum Gasteiger partial charge on any atom is -0.481 e. The van der Waals surface area contributed by atoms with Gasteiger partial charge in [-0.25, -0.2) is 9.59 Å². The number of urea groups is 1. The molecule has 2 amide bonds. The van der Waals surface area contributed by atoms with Gasteiger partial charge >= 0.3 is 18.0 Å². The molecule has 1 fully saturated rings. The summed E-state index contributed by atoms with van der Waals surface area (Å²) < 4.78 is 5.08. The highest BCUT2D eigenvalue weighted by molar-refractivity contribution is 5.83. The van der Waals surface area contributed by atoms with Gasteiger partial charge in [0.1, 0.15) is 6.04 Å². The quantitative estimate of drug-likeness (QED) is 0.626. The Labute approximate surface area is 123 Å². The van der Waals surface area contributed by atoms with Gasteiger partial charge in [-0.3, -0.25) is 4.79 Å². The Morgan fingerprint density at radius 2 is 1.90 bits per heavy atom. The monoisotopic (exact) mass is 302 g/mol. The SMILES string of the molecule is COCC1CCN(C(=O)N[C@@H](CCC(=O)O)C(=O)O)CC1. The number of nitrogens with one attached hydrogen (secondary N) is 1. The fourth-order valence-corrected chi connectivity index (χ4v) is 2.30. The number of ether oxygens (including phenoxy) is 1. The number of carboxylic acid groups (broad SMARTS) is 2. The molecule has 0 saturated carbocycles. The predicted octanol–water partition coefficient (Wildman–Crippen LogP) is 0.372. The molecule has 21 heavy (non-hydrogen) atoms. The molecular weight excluding hydrogens is 280 g/mol. The van der Waals surface area contributed by atoms with E-state index in [9.17, 15) is 14.4 Å². The summed E-state index contributed by atoms with van der Waals surface area (Å²) in [6.07, 6.45) is 1.20. The Hall–Kier alpha value is -1.83. The Balaban J connectivity index is 2.43. The number of nitrogens with zero attached hydrogens (tertiary/aromatic N) is 1. The second-order valence-electron chi connectivity index (χ2n) is 5.16. The Bertz CT molecular complexity index is 379. The molecule has 0 aromatic rings. The molecule has 1 aliphatic heterocycles. The van der Waals surface area contributed by atoms with Crippen LogP contribution >= 0.6 is 0 Å². The highest BCUT2D eigenvalue weighted by Crippen LogP contribution is 2.17. The number of hydrogen-bond donors (Lipinski definition) is 3. The highest BCUT2D eigenvalue weighted by Gasteiger charge is 2.26. The molecular formula is C13H22N2O6. The highest BCUT2D eigenvalue weighted by atomic mass is 16.5. The minimum atomic E-state index is -1.22. The second-order valence-corrected chi connectivity index (χ2v) is 5.16. The standard InChI is InChI=1S/C13H22N2O6/c1-21-8-9-4-6-15(7-5-9)13(20)14-10(12(18)19)2-3-11(16)17/h9-10H,2-8H2,1H3,(H,14,20)(H,16,17)(H,18,19)/t10-/m0/s1. The lowest BCUT2D eigenvalue weighted by molar-refractivity contribution is -0.140. The number of carboxylic acids is 2. The average Bonchev–Trinajstić information content (AvgIpc) is 2.43. The zero-order valence-electron chi connectivity index (χ0n) is 12.1. The molecule has 1 atom stereocenters. The van der Waals surface area contributed by atoms with E-state index in [0.29, 0.717) is 25.6 Å². The van der Waals surface area contributed by atoms with Crippen LogP contribution in [0.2, 0.25) is 0 Å². The van der Waals surface area contributed by atoms with Crippen molar-refractivity contribution in [3.8, 4) is 0 Å².